The molecule has 1 aromatic heterocycles. The van der Waals surface area contributed by atoms with Gasteiger partial charge in [-0.25, -0.2) is 9.78 Å². The van der Waals surface area contributed by atoms with E-state index in [1.807, 2.05) is 32.7 Å². The van der Waals surface area contributed by atoms with E-state index in [0.29, 0.717) is 6.67 Å². The van der Waals surface area contributed by atoms with Crippen LogP contribution in [0.5, 0.6) is 0 Å². The molecule has 0 unspecified atom stereocenters. The lowest BCUT2D eigenvalue weighted by Gasteiger charge is -2.24. The zero-order chi connectivity index (χ0) is 21.2. The molecule has 1 aromatic rings. The van der Waals surface area contributed by atoms with Crippen molar-refractivity contribution in [2.75, 3.05) is 44.5 Å². The molecule has 28 heavy (non-hydrogen) atoms. The molecule has 1 amide bonds. The highest BCUT2D eigenvalue weighted by molar-refractivity contribution is 5.67. The Labute approximate surface area is 168 Å². The quantitative estimate of drug-likeness (QED) is 0.400. The van der Waals surface area contributed by atoms with E-state index in [-0.39, 0.29) is 12.0 Å². The Morgan fingerprint density at radius 3 is 2.71 bits per heavy atom. The first-order chi connectivity index (χ1) is 13.1. The number of nitrogen functional groups attached to an aromatic ring is 1. The number of ether oxygens (including phenoxy) is 1. The predicted octanol–water partition coefficient (Wildman–Crippen LogP) is 2.45. The number of nitrogens with one attached hydrogen (secondary N) is 1. The van der Waals surface area contributed by atoms with Crippen molar-refractivity contribution in [3.05, 3.63) is 11.8 Å². The Morgan fingerprint density at radius 2 is 2.07 bits per heavy atom. The van der Waals surface area contributed by atoms with Gasteiger partial charge in [0.05, 0.1) is 18.4 Å². The summed E-state index contributed by atoms with van der Waals surface area (Å²) in [4.78, 5) is 23.8. The van der Waals surface area contributed by atoms with Crippen LogP contribution in [0.3, 0.4) is 0 Å². The van der Waals surface area contributed by atoms with Crippen molar-refractivity contribution in [3.8, 4) is 11.8 Å². The number of carbonyl (C=O) groups is 1. The molecule has 0 saturated heterocycles. The van der Waals surface area contributed by atoms with E-state index >= 15 is 0 Å². The van der Waals surface area contributed by atoms with E-state index < -0.39 is 5.60 Å². The molecular formula is C20H34N6O2. The molecule has 0 aliphatic heterocycles. The summed E-state index contributed by atoms with van der Waals surface area (Å²) in [6.45, 7) is 9.72. The minimum Gasteiger partial charge on any atom is -0.444 e. The van der Waals surface area contributed by atoms with E-state index in [2.05, 4.69) is 34.0 Å². The summed E-state index contributed by atoms with van der Waals surface area (Å²) >= 11 is 0. The number of aromatic nitrogens is 2. The Balaban J connectivity index is 2.42. The summed E-state index contributed by atoms with van der Waals surface area (Å²) in [5, 5.41) is 3.21. The first kappa shape index (κ1) is 23.5. The number of hydrogen-bond donors (Lipinski definition) is 2. The maximum absolute atomic E-state index is 11.9. The van der Waals surface area contributed by atoms with Crippen LogP contribution >= 0.6 is 0 Å². The van der Waals surface area contributed by atoms with Crippen LogP contribution in [-0.2, 0) is 4.74 Å². The number of anilines is 2. The van der Waals surface area contributed by atoms with Crippen molar-refractivity contribution in [2.24, 2.45) is 0 Å². The molecular weight excluding hydrogens is 356 g/mol. The van der Waals surface area contributed by atoms with E-state index in [1.54, 1.807) is 13.2 Å². The van der Waals surface area contributed by atoms with Crippen LogP contribution < -0.4 is 16.0 Å². The van der Waals surface area contributed by atoms with Crippen LogP contribution in [0.2, 0.25) is 0 Å². The highest BCUT2D eigenvalue weighted by Gasteiger charge is 2.18. The van der Waals surface area contributed by atoms with Gasteiger partial charge >= 0.3 is 6.09 Å². The van der Waals surface area contributed by atoms with Gasteiger partial charge in [0, 0.05) is 27.1 Å². The average molecular weight is 391 g/mol. The zero-order valence-corrected chi connectivity index (χ0v) is 18.0. The summed E-state index contributed by atoms with van der Waals surface area (Å²) in [5.74, 6) is 7.31. The second kappa shape index (κ2) is 11.3. The third kappa shape index (κ3) is 8.91. The first-order valence-corrected chi connectivity index (χ1v) is 9.61. The van der Waals surface area contributed by atoms with E-state index in [9.17, 15) is 4.79 Å². The minimum absolute atomic E-state index is 0.252. The van der Waals surface area contributed by atoms with Gasteiger partial charge in [0.2, 0.25) is 5.95 Å². The maximum atomic E-state index is 11.9. The third-order valence-corrected chi connectivity index (χ3v) is 3.64. The number of nitrogens with zero attached hydrogens (tertiary/aromatic N) is 4. The molecule has 8 heteroatoms. The largest absolute Gasteiger partial charge is 0.444 e. The van der Waals surface area contributed by atoms with Gasteiger partial charge < -0.3 is 15.4 Å². The number of rotatable bonds is 8. The van der Waals surface area contributed by atoms with Crippen molar-refractivity contribution in [1.82, 2.24) is 20.2 Å². The summed E-state index contributed by atoms with van der Waals surface area (Å²) in [7, 11) is 3.68. The average Bonchev–Trinajstić information content (AvgIpc) is 2.60. The molecule has 3 N–H and O–H groups in total. The van der Waals surface area contributed by atoms with E-state index in [0.717, 1.165) is 43.7 Å². The molecule has 0 radical (unpaired) electrons. The fourth-order valence-electron chi connectivity index (χ4n) is 2.32. The van der Waals surface area contributed by atoms with E-state index in [1.165, 1.54) is 4.90 Å². The number of carbonyl (C=O) groups excluding carboxylic acids is 1. The topological polar surface area (TPSA) is 96.6 Å². The Bertz CT molecular complexity index is 690. The van der Waals surface area contributed by atoms with Gasteiger partial charge in [-0.3, -0.25) is 10.2 Å². The van der Waals surface area contributed by atoms with Crippen LogP contribution in [0.4, 0.5) is 16.6 Å². The number of unbranched alkanes of at least 4 members (excludes halogenated alkanes) is 1. The van der Waals surface area contributed by atoms with Crippen molar-refractivity contribution >= 4 is 17.9 Å². The highest BCUT2D eigenvalue weighted by Crippen LogP contribution is 2.16. The van der Waals surface area contributed by atoms with Gasteiger partial charge in [-0.1, -0.05) is 18.8 Å². The molecule has 0 saturated carbocycles. The highest BCUT2D eigenvalue weighted by atomic mass is 16.6. The maximum Gasteiger partial charge on any atom is 0.411 e. The molecule has 8 nitrogen and oxygen atoms in total. The monoisotopic (exact) mass is 390 g/mol. The fraction of sp³-hybridized carbons (Fsp3) is 0.650. The van der Waals surface area contributed by atoms with Crippen molar-refractivity contribution < 1.29 is 9.53 Å². The van der Waals surface area contributed by atoms with Gasteiger partial charge in [0.1, 0.15) is 11.4 Å². The zero-order valence-electron chi connectivity index (χ0n) is 18.0. The van der Waals surface area contributed by atoms with Crippen LogP contribution in [0.15, 0.2) is 6.20 Å². The van der Waals surface area contributed by atoms with Crippen LogP contribution in [0.25, 0.3) is 0 Å². The molecule has 1 rings (SSSR count). The molecule has 156 valence electrons. The first-order valence-electron chi connectivity index (χ1n) is 9.61. The number of amides is 1. The molecule has 1 heterocycles. The van der Waals surface area contributed by atoms with Gasteiger partial charge in [0.15, 0.2) is 0 Å². The summed E-state index contributed by atoms with van der Waals surface area (Å²) in [6.07, 6.45) is 3.93. The van der Waals surface area contributed by atoms with Gasteiger partial charge in [-0.15, -0.1) is 0 Å². The lowest BCUT2D eigenvalue weighted by Crippen LogP contribution is -2.39. The Hall–Kier alpha value is -2.53. The smallest absolute Gasteiger partial charge is 0.411 e. The summed E-state index contributed by atoms with van der Waals surface area (Å²) in [6, 6.07) is 0. The summed E-state index contributed by atoms with van der Waals surface area (Å²) in [5.41, 5.74) is 6.00. The number of hydrogen-bond acceptors (Lipinski definition) is 7. The standard InChI is InChI=1S/C20H34N6O2/c1-7-13-25(5)17-16(14-23-18(21)24-17)11-9-8-10-12-22-15-26(6)19(27)28-20(2,3)4/h14,22H,7-8,10,12-13,15H2,1-6H3,(H2,21,23,24). The second-order valence-electron chi connectivity index (χ2n) is 7.63. The number of nitrogens with two attached hydrogens (primary N) is 1. The van der Waals surface area contributed by atoms with Crippen LogP contribution in [0.1, 0.15) is 52.5 Å². The molecule has 0 atom stereocenters. The van der Waals surface area contributed by atoms with E-state index in [4.69, 9.17) is 10.5 Å². The van der Waals surface area contributed by atoms with Crippen LogP contribution in [0, 0.1) is 11.8 Å². The molecule has 0 spiro atoms. The fourth-order valence-corrected chi connectivity index (χ4v) is 2.32. The SMILES string of the molecule is CCCN(C)c1nc(N)ncc1C#CCCCNCN(C)C(=O)OC(C)(C)C. The van der Waals surface area contributed by atoms with Gasteiger partial charge in [0.25, 0.3) is 0 Å². The lowest BCUT2D eigenvalue weighted by molar-refractivity contribution is 0.0286. The second-order valence-corrected chi connectivity index (χ2v) is 7.63. The minimum atomic E-state index is -0.489. The molecule has 0 aliphatic carbocycles. The Morgan fingerprint density at radius 1 is 1.36 bits per heavy atom. The van der Waals surface area contributed by atoms with Crippen LogP contribution in [-0.4, -0.2) is 60.4 Å². The van der Waals surface area contributed by atoms with Crippen molar-refractivity contribution in [3.63, 3.8) is 0 Å². The molecule has 0 aliphatic rings. The van der Waals surface area contributed by atoms with Crippen molar-refractivity contribution in [1.29, 1.82) is 0 Å². The summed E-state index contributed by atoms with van der Waals surface area (Å²) < 4.78 is 5.30. The molecule has 0 fully saturated rings. The Kier molecular flexibility index (Phi) is 9.52. The van der Waals surface area contributed by atoms with Crippen molar-refractivity contribution in [2.45, 2.75) is 52.6 Å². The normalized spacial score (nSPS) is 10.8. The van der Waals surface area contributed by atoms with Gasteiger partial charge in [-0.05, 0) is 40.2 Å². The molecule has 0 bridgehead atoms. The lowest BCUT2D eigenvalue weighted by atomic mass is 10.2. The molecule has 0 aromatic carbocycles. The predicted molar refractivity (Wildman–Crippen MR) is 113 cm³/mol. The van der Waals surface area contributed by atoms with Gasteiger partial charge in [-0.2, -0.15) is 4.98 Å². The third-order valence-electron chi connectivity index (χ3n) is 3.64.